The first-order chi connectivity index (χ1) is 7.36. The Balaban J connectivity index is 1.89. The third-order valence-corrected chi connectivity index (χ3v) is 3.26. The smallest absolute Gasteiger partial charge is 0.0306 e. The van der Waals surface area contributed by atoms with E-state index < -0.39 is 0 Å². The third kappa shape index (κ3) is 2.91. The molecule has 0 saturated carbocycles. The molecule has 0 bridgehead atoms. The Morgan fingerprint density at radius 2 is 1.93 bits per heavy atom. The quantitative estimate of drug-likeness (QED) is 0.834. The van der Waals surface area contributed by atoms with Gasteiger partial charge in [-0.15, -0.1) is 0 Å². The molecular weight excluding hydrogens is 202 g/mol. The van der Waals surface area contributed by atoms with Gasteiger partial charge >= 0.3 is 0 Å². The number of benzene rings is 1. The number of hydrogen-bond acceptors (Lipinski definition) is 2. The van der Waals surface area contributed by atoms with E-state index in [0.29, 0.717) is 0 Å². The van der Waals surface area contributed by atoms with Crippen LogP contribution in [0.25, 0.3) is 0 Å². The van der Waals surface area contributed by atoms with Crippen LogP contribution in [0.2, 0.25) is 0 Å². The van der Waals surface area contributed by atoms with Crippen LogP contribution in [0.4, 0.5) is 0 Å². The van der Waals surface area contributed by atoms with E-state index in [4.69, 9.17) is 5.73 Å². The van der Waals surface area contributed by atoms with E-state index in [2.05, 4.69) is 41.1 Å². The molecule has 2 N–H and O–H groups in total. The van der Waals surface area contributed by atoms with Crippen molar-refractivity contribution in [1.29, 1.82) is 0 Å². The van der Waals surface area contributed by atoms with Gasteiger partial charge in [0.15, 0.2) is 0 Å². The van der Waals surface area contributed by atoms with Crippen molar-refractivity contribution < 1.29 is 0 Å². The van der Waals surface area contributed by atoms with E-state index in [1.54, 1.807) is 11.3 Å². The highest BCUT2D eigenvalue weighted by molar-refractivity contribution is 7.07. The van der Waals surface area contributed by atoms with Gasteiger partial charge in [-0.05, 0) is 40.8 Å². The predicted octanol–water partition coefficient (Wildman–Crippen LogP) is 3.38. The number of hydrogen-bond donors (Lipinski definition) is 1. The summed E-state index contributed by atoms with van der Waals surface area (Å²) in [7, 11) is 0. The minimum Gasteiger partial charge on any atom is -0.324 e. The molecule has 78 valence electrons. The van der Waals surface area contributed by atoms with Crippen LogP contribution in [0.1, 0.15) is 23.6 Å². The zero-order valence-corrected chi connectivity index (χ0v) is 9.41. The van der Waals surface area contributed by atoms with Gasteiger partial charge in [-0.3, -0.25) is 0 Å². The maximum absolute atomic E-state index is 6.09. The van der Waals surface area contributed by atoms with Crippen molar-refractivity contribution in [3.63, 3.8) is 0 Å². The molecule has 0 amide bonds. The number of rotatable bonds is 4. The van der Waals surface area contributed by atoms with Gasteiger partial charge in [0.25, 0.3) is 0 Å². The molecule has 15 heavy (non-hydrogen) atoms. The molecule has 1 atom stereocenters. The van der Waals surface area contributed by atoms with Gasteiger partial charge in [0.2, 0.25) is 0 Å². The zero-order valence-electron chi connectivity index (χ0n) is 8.60. The lowest BCUT2D eigenvalue weighted by atomic mass is 10.0. The molecule has 1 unspecified atom stereocenters. The first-order valence-electron chi connectivity index (χ1n) is 5.18. The lowest BCUT2D eigenvalue weighted by Gasteiger charge is -2.09. The van der Waals surface area contributed by atoms with Crippen molar-refractivity contribution in [2.45, 2.75) is 18.9 Å². The van der Waals surface area contributed by atoms with E-state index in [1.165, 1.54) is 11.1 Å². The molecule has 2 aromatic rings. The summed E-state index contributed by atoms with van der Waals surface area (Å²) >= 11 is 1.71. The molecule has 0 aliphatic rings. The summed E-state index contributed by atoms with van der Waals surface area (Å²) in [6, 6.07) is 12.8. The summed E-state index contributed by atoms with van der Waals surface area (Å²) < 4.78 is 0. The van der Waals surface area contributed by atoms with Gasteiger partial charge in [-0.1, -0.05) is 30.3 Å². The van der Waals surface area contributed by atoms with Gasteiger partial charge in [-0.25, -0.2) is 0 Å². The Hall–Kier alpha value is -1.12. The Morgan fingerprint density at radius 1 is 1.13 bits per heavy atom. The van der Waals surface area contributed by atoms with Crippen molar-refractivity contribution in [3.8, 4) is 0 Å². The molecule has 2 rings (SSSR count). The summed E-state index contributed by atoms with van der Waals surface area (Å²) in [5.74, 6) is 0. The SMILES string of the molecule is NC(CCc1ccccc1)c1ccsc1. The first kappa shape index (κ1) is 10.4. The van der Waals surface area contributed by atoms with Gasteiger partial charge in [0, 0.05) is 6.04 Å². The Bertz CT molecular complexity index is 380. The van der Waals surface area contributed by atoms with Crippen LogP contribution in [0.3, 0.4) is 0 Å². The van der Waals surface area contributed by atoms with Crippen molar-refractivity contribution in [1.82, 2.24) is 0 Å². The average Bonchev–Trinajstić information content (AvgIpc) is 2.81. The van der Waals surface area contributed by atoms with Gasteiger partial charge in [-0.2, -0.15) is 11.3 Å². The van der Waals surface area contributed by atoms with Gasteiger partial charge in [0.1, 0.15) is 0 Å². The van der Waals surface area contributed by atoms with Crippen molar-refractivity contribution in [2.24, 2.45) is 5.73 Å². The van der Waals surface area contributed by atoms with Crippen LogP contribution < -0.4 is 5.73 Å². The van der Waals surface area contributed by atoms with E-state index >= 15 is 0 Å². The maximum atomic E-state index is 6.09. The Labute approximate surface area is 94.6 Å². The second kappa shape index (κ2) is 5.10. The van der Waals surface area contributed by atoms with Crippen LogP contribution in [0, 0.1) is 0 Å². The molecule has 1 heterocycles. The van der Waals surface area contributed by atoms with Crippen LogP contribution >= 0.6 is 11.3 Å². The molecule has 2 heteroatoms. The van der Waals surface area contributed by atoms with Crippen LogP contribution in [-0.2, 0) is 6.42 Å². The zero-order chi connectivity index (χ0) is 10.5. The minimum absolute atomic E-state index is 0.177. The van der Waals surface area contributed by atoms with Crippen LogP contribution in [-0.4, -0.2) is 0 Å². The van der Waals surface area contributed by atoms with E-state index in [1.807, 2.05) is 6.07 Å². The fraction of sp³-hybridized carbons (Fsp3) is 0.231. The van der Waals surface area contributed by atoms with E-state index in [0.717, 1.165) is 12.8 Å². The predicted molar refractivity (Wildman–Crippen MR) is 66.0 cm³/mol. The largest absolute Gasteiger partial charge is 0.324 e. The lowest BCUT2D eigenvalue weighted by molar-refractivity contribution is 0.653. The molecule has 0 saturated heterocycles. The average molecular weight is 217 g/mol. The molecule has 0 spiro atoms. The van der Waals surface area contributed by atoms with Crippen molar-refractivity contribution in [2.75, 3.05) is 0 Å². The van der Waals surface area contributed by atoms with E-state index in [-0.39, 0.29) is 6.04 Å². The molecular formula is C13H15NS. The van der Waals surface area contributed by atoms with Crippen molar-refractivity contribution in [3.05, 3.63) is 58.3 Å². The molecule has 0 aliphatic carbocycles. The first-order valence-corrected chi connectivity index (χ1v) is 6.12. The lowest BCUT2D eigenvalue weighted by Crippen LogP contribution is -2.10. The van der Waals surface area contributed by atoms with Crippen LogP contribution in [0.5, 0.6) is 0 Å². The maximum Gasteiger partial charge on any atom is 0.0306 e. The summed E-state index contributed by atoms with van der Waals surface area (Å²) in [6.45, 7) is 0. The molecule has 1 aromatic heterocycles. The number of thiophene rings is 1. The summed E-state index contributed by atoms with van der Waals surface area (Å²) in [6.07, 6.45) is 2.07. The number of nitrogens with two attached hydrogens (primary N) is 1. The highest BCUT2D eigenvalue weighted by atomic mass is 32.1. The van der Waals surface area contributed by atoms with Gasteiger partial charge in [0.05, 0.1) is 0 Å². The highest BCUT2D eigenvalue weighted by Crippen LogP contribution is 2.18. The third-order valence-electron chi connectivity index (χ3n) is 2.56. The van der Waals surface area contributed by atoms with Crippen molar-refractivity contribution >= 4 is 11.3 Å². The Kier molecular flexibility index (Phi) is 3.54. The summed E-state index contributed by atoms with van der Waals surface area (Å²) in [5, 5.41) is 4.22. The molecule has 0 aliphatic heterocycles. The molecule has 0 fully saturated rings. The second-order valence-electron chi connectivity index (χ2n) is 3.69. The normalized spacial score (nSPS) is 12.6. The standard InChI is InChI=1S/C13H15NS/c14-13(12-8-9-15-10-12)7-6-11-4-2-1-3-5-11/h1-5,8-10,13H,6-7,14H2. The molecule has 0 radical (unpaired) electrons. The van der Waals surface area contributed by atoms with E-state index in [9.17, 15) is 0 Å². The minimum atomic E-state index is 0.177. The monoisotopic (exact) mass is 217 g/mol. The topological polar surface area (TPSA) is 26.0 Å². The highest BCUT2D eigenvalue weighted by Gasteiger charge is 2.05. The molecule has 1 nitrogen and oxygen atoms in total. The number of aryl methyl sites for hydroxylation is 1. The summed E-state index contributed by atoms with van der Waals surface area (Å²) in [5.41, 5.74) is 8.72. The fourth-order valence-electron chi connectivity index (χ4n) is 1.62. The fourth-order valence-corrected chi connectivity index (χ4v) is 2.34. The van der Waals surface area contributed by atoms with Crippen LogP contribution in [0.15, 0.2) is 47.2 Å². The second-order valence-corrected chi connectivity index (χ2v) is 4.47. The molecule has 1 aromatic carbocycles. The Morgan fingerprint density at radius 3 is 2.60 bits per heavy atom. The summed E-state index contributed by atoms with van der Waals surface area (Å²) in [4.78, 5) is 0. The van der Waals surface area contributed by atoms with Gasteiger partial charge < -0.3 is 5.73 Å².